The van der Waals surface area contributed by atoms with Crippen molar-refractivity contribution in [2.24, 2.45) is 5.41 Å². The average molecular weight is 251 g/mol. The molecule has 2 rings (SSSR count). The summed E-state index contributed by atoms with van der Waals surface area (Å²) in [6.45, 7) is 5.94. The van der Waals surface area contributed by atoms with Crippen LogP contribution in [0.4, 0.5) is 0 Å². The van der Waals surface area contributed by atoms with Crippen LogP contribution in [-0.4, -0.2) is 35.0 Å². The Kier molecular flexibility index (Phi) is 2.92. The molecule has 1 amide bonds. The number of carboxylic acid groups (broad SMARTS) is 1. The molecule has 0 spiro atoms. The summed E-state index contributed by atoms with van der Waals surface area (Å²) in [5.41, 5.74) is -0.301. The van der Waals surface area contributed by atoms with Crippen molar-refractivity contribution in [1.82, 2.24) is 4.90 Å². The second kappa shape index (κ2) is 4.15. The van der Waals surface area contributed by atoms with Crippen LogP contribution in [0, 0.1) is 19.3 Å². The molecule has 0 saturated carbocycles. The average Bonchev–Trinajstić information content (AvgIpc) is 2.82. The van der Waals surface area contributed by atoms with Crippen molar-refractivity contribution >= 4 is 11.9 Å². The van der Waals surface area contributed by atoms with Gasteiger partial charge in [0.25, 0.3) is 5.91 Å². The lowest BCUT2D eigenvalue weighted by atomic mass is 9.90. The summed E-state index contributed by atoms with van der Waals surface area (Å²) in [5.74, 6) is 0.282. The number of hydrogen-bond acceptors (Lipinski definition) is 3. The first kappa shape index (κ1) is 12.7. The van der Waals surface area contributed by atoms with Gasteiger partial charge in [-0.25, -0.2) is 0 Å². The van der Waals surface area contributed by atoms with Gasteiger partial charge >= 0.3 is 5.97 Å². The number of carbonyl (C=O) groups is 2. The van der Waals surface area contributed by atoms with E-state index in [1.807, 2.05) is 0 Å². The van der Waals surface area contributed by atoms with E-state index in [1.165, 1.54) is 0 Å². The van der Waals surface area contributed by atoms with Gasteiger partial charge in [-0.15, -0.1) is 0 Å². The number of hydrogen-bond donors (Lipinski definition) is 1. The molecule has 0 bridgehead atoms. The predicted molar refractivity (Wildman–Crippen MR) is 64.4 cm³/mol. The second-order valence-electron chi connectivity index (χ2n) is 5.17. The van der Waals surface area contributed by atoms with Crippen LogP contribution < -0.4 is 0 Å². The fourth-order valence-electron chi connectivity index (χ4n) is 2.32. The van der Waals surface area contributed by atoms with E-state index in [0.29, 0.717) is 30.0 Å². The van der Waals surface area contributed by atoms with E-state index in [4.69, 9.17) is 9.52 Å². The van der Waals surface area contributed by atoms with Crippen LogP contribution >= 0.6 is 0 Å². The third-order valence-corrected chi connectivity index (χ3v) is 3.55. The van der Waals surface area contributed by atoms with Crippen LogP contribution in [-0.2, 0) is 4.79 Å². The normalized spacial score (nSPS) is 23.4. The molecule has 1 aromatic heterocycles. The highest BCUT2D eigenvalue weighted by Gasteiger charge is 2.42. The summed E-state index contributed by atoms with van der Waals surface area (Å²) in [6.07, 6.45) is 0.490. The van der Waals surface area contributed by atoms with Crippen molar-refractivity contribution in [1.29, 1.82) is 0 Å². The summed E-state index contributed by atoms with van der Waals surface area (Å²) in [7, 11) is 0. The van der Waals surface area contributed by atoms with E-state index < -0.39 is 11.4 Å². The maximum atomic E-state index is 12.3. The van der Waals surface area contributed by atoms with Gasteiger partial charge in [0, 0.05) is 13.1 Å². The van der Waals surface area contributed by atoms with Gasteiger partial charge in [0.2, 0.25) is 0 Å². The molecule has 5 nitrogen and oxygen atoms in total. The minimum absolute atomic E-state index is 0.144. The van der Waals surface area contributed by atoms with Gasteiger partial charge < -0.3 is 14.4 Å². The number of rotatable bonds is 2. The van der Waals surface area contributed by atoms with Crippen LogP contribution in [0.25, 0.3) is 0 Å². The molecule has 1 saturated heterocycles. The van der Waals surface area contributed by atoms with Crippen LogP contribution in [0.2, 0.25) is 0 Å². The molecule has 1 aliphatic heterocycles. The minimum atomic E-state index is -0.849. The first-order chi connectivity index (χ1) is 8.33. The van der Waals surface area contributed by atoms with E-state index >= 15 is 0 Å². The standard InChI is InChI=1S/C13H17NO4/c1-8-6-10(9(2)18-8)11(15)14-5-4-13(3,7-14)12(16)17/h6H,4-5,7H2,1-3H3,(H,16,17)/t13-/m0/s1. The lowest BCUT2D eigenvalue weighted by molar-refractivity contribution is -0.147. The molecule has 0 unspecified atom stereocenters. The zero-order chi connectivity index (χ0) is 13.5. The Hall–Kier alpha value is -1.78. The molecule has 1 fully saturated rings. The molecule has 1 atom stereocenters. The summed E-state index contributed by atoms with van der Waals surface area (Å²) in [6, 6.07) is 1.70. The summed E-state index contributed by atoms with van der Waals surface area (Å²) < 4.78 is 5.33. The van der Waals surface area contributed by atoms with E-state index in [2.05, 4.69) is 0 Å². The van der Waals surface area contributed by atoms with Gasteiger partial charge in [-0.3, -0.25) is 9.59 Å². The Balaban J connectivity index is 2.18. The Morgan fingerprint density at radius 3 is 2.56 bits per heavy atom. The molecule has 1 aromatic rings. The number of carboxylic acids is 1. The molecule has 1 aliphatic rings. The van der Waals surface area contributed by atoms with Gasteiger partial charge in [-0.2, -0.15) is 0 Å². The third kappa shape index (κ3) is 2.00. The van der Waals surface area contributed by atoms with Crippen LogP contribution in [0.3, 0.4) is 0 Å². The van der Waals surface area contributed by atoms with E-state index in [1.54, 1.807) is 31.7 Å². The molecule has 98 valence electrons. The van der Waals surface area contributed by atoms with Gasteiger partial charge in [0.05, 0.1) is 11.0 Å². The summed E-state index contributed by atoms with van der Waals surface area (Å²) >= 11 is 0. The fraction of sp³-hybridized carbons (Fsp3) is 0.538. The van der Waals surface area contributed by atoms with Crippen molar-refractivity contribution < 1.29 is 19.1 Å². The maximum Gasteiger partial charge on any atom is 0.311 e. The highest BCUT2D eigenvalue weighted by molar-refractivity contribution is 5.96. The minimum Gasteiger partial charge on any atom is -0.481 e. The molecule has 0 radical (unpaired) electrons. The molecular weight excluding hydrogens is 234 g/mol. The Bertz CT molecular complexity index is 505. The molecule has 0 aliphatic carbocycles. The lowest BCUT2D eigenvalue weighted by Crippen LogP contribution is -2.34. The molecule has 5 heteroatoms. The highest BCUT2D eigenvalue weighted by atomic mass is 16.4. The third-order valence-electron chi connectivity index (χ3n) is 3.55. The monoisotopic (exact) mass is 251 g/mol. The fourth-order valence-corrected chi connectivity index (χ4v) is 2.32. The maximum absolute atomic E-state index is 12.3. The van der Waals surface area contributed by atoms with Crippen molar-refractivity contribution in [3.8, 4) is 0 Å². The largest absolute Gasteiger partial charge is 0.481 e. The first-order valence-corrected chi connectivity index (χ1v) is 5.93. The number of nitrogens with zero attached hydrogens (tertiary/aromatic N) is 1. The SMILES string of the molecule is Cc1cc(C(=O)N2CC[C@](C)(C(=O)O)C2)c(C)o1. The lowest BCUT2D eigenvalue weighted by Gasteiger charge is -2.19. The zero-order valence-corrected chi connectivity index (χ0v) is 10.8. The second-order valence-corrected chi connectivity index (χ2v) is 5.17. The summed E-state index contributed by atoms with van der Waals surface area (Å²) in [5, 5.41) is 9.14. The highest BCUT2D eigenvalue weighted by Crippen LogP contribution is 2.31. The number of amides is 1. The van der Waals surface area contributed by atoms with Crippen LogP contribution in [0.1, 0.15) is 35.2 Å². The number of likely N-dealkylation sites (tertiary alicyclic amines) is 1. The number of aliphatic carboxylic acids is 1. The topological polar surface area (TPSA) is 70.8 Å². The van der Waals surface area contributed by atoms with Crippen LogP contribution in [0.15, 0.2) is 10.5 Å². The van der Waals surface area contributed by atoms with E-state index in [0.717, 1.165) is 0 Å². The van der Waals surface area contributed by atoms with Crippen molar-refractivity contribution in [2.75, 3.05) is 13.1 Å². The molecule has 2 heterocycles. The van der Waals surface area contributed by atoms with Gasteiger partial charge in [-0.1, -0.05) is 0 Å². The number of furan rings is 1. The molecule has 1 N–H and O–H groups in total. The van der Waals surface area contributed by atoms with Crippen molar-refractivity contribution in [3.63, 3.8) is 0 Å². The van der Waals surface area contributed by atoms with Crippen LogP contribution in [0.5, 0.6) is 0 Å². The molecule has 18 heavy (non-hydrogen) atoms. The number of aryl methyl sites for hydroxylation is 2. The predicted octanol–water partition coefficient (Wildman–Crippen LogP) is 1.83. The Labute approximate surface area is 105 Å². The number of carbonyl (C=O) groups excluding carboxylic acids is 1. The Morgan fingerprint density at radius 1 is 1.44 bits per heavy atom. The van der Waals surface area contributed by atoms with Gasteiger partial charge in [-0.05, 0) is 33.3 Å². The van der Waals surface area contributed by atoms with Crippen molar-refractivity contribution in [2.45, 2.75) is 27.2 Å². The first-order valence-electron chi connectivity index (χ1n) is 5.93. The van der Waals surface area contributed by atoms with E-state index in [-0.39, 0.29) is 12.5 Å². The molecular formula is C13H17NO4. The van der Waals surface area contributed by atoms with Gasteiger partial charge in [0.1, 0.15) is 11.5 Å². The molecule has 0 aromatic carbocycles. The quantitative estimate of drug-likeness (QED) is 0.870. The smallest absolute Gasteiger partial charge is 0.311 e. The van der Waals surface area contributed by atoms with Gasteiger partial charge in [0.15, 0.2) is 0 Å². The van der Waals surface area contributed by atoms with E-state index in [9.17, 15) is 9.59 Å². The Morgan fingerprint density at radius 2 is 2.11 bits per heavy atom. The van der Waals surface area contributed by atoms with Crippen molar-refractivity contribution in [3.05, 3.63) is 23.2 Å². The summed E-state index contributed by atoms with van der Waals surface area (Å²) in [4.78, 5) is 25.0. The zero-order valence-electron chi connectivity index (χ0n) is 10.8.